The summed E-state index contributed by atoms with van der Waals surface area (Å²) in [6.07, 6.45) is -14.0. The van der Waals surface area contributed by atoms with Gasteiger partial charge in [-0.25, -0.2) is 0 Å². The Bertz CT molecular complexity index is 846. The van der Waals surface area contributed by atoms with Gasteiger partial charge >= 0.3 is 0 Å². The summed E-state index contributed by atoms with van der Waals surface area (Å²) in [5.41, 5.74) is 0.727. The van der Waals surface area contributed by atoms with E-state index in [1.54, 1.807) is 30.3 Å². The van der Waals surface area contributed by atoms with E-state index >= 15 is 0 Å². The molecule has 0 aliphatic carbocycles. The molecule has 2 aliphatic rings. The van der Waals surface area contributed by atoms with E-state index in [2.05, 4.69) is 5.32 Å². The molecule has 204 valence electrons. The molecule has 6 unspecified atom stereocenters. The van der Waals surface area contributed by atoms with Crippen molar-refractivity contribution < 1.29 is 54.4 Å². The molecule has 12 nitrogen and oxygen atoms in total. The van der Waals surface area contributed by atoms with E-state index in [-0.39, 0.29) is 6.61 Å². The lowest BCUT2D eigenvalue weighted by atomic mass is 9.95. The van der Waals surface area contributed by atoms with Crippen LogP contribution in [0.5, 0.6) is 0 Å². The molecule has 7 N–H and O–H groups in total. The summed E-state index contributed by atoms with van der Waals surface area (Å²) >= 11 is 17.1. The molecule has 0 spiro atoms. The minimum Gasteiger partial charge on any atom is -0.394 e. The van der Waals surface area contributed by atoms with E-state index in [0.717, 1.165) is 5.56 Å². The van der Waals surface area contributed by atoms with Crippen LogP contribution in [0.2, 0.25) is 0 Å². The monoisotopic (exact) mass is 575 g/mol. The Hall–Kier alpha value is -0.840. The number of ether oxygens (including phenoxy) is 4. The molecule has 3 rings (SSSR count). The van der Waals surface area contributed by atoms with Crippen LogP contribution >= 0.6 is 34.8 Å². The fraction of sp³-hybridized carbons (Fsp3) is 0.667. The number of nitrogens with one attached hydrogen (secondary N) is 1. The number of rotatable bonds is 8. The Morgan fingerprint density at radius 1 is 0.889 bits per heavy atom. The third-order valence-corrected chi connectivity index (χ3v) is 6.32. The predicted molar refractivity (Wildman–Crippen MR) is 124 cm³/mol. The lowest BCUT2D eigenvalue weighted by Crippen LogP contribution is -2.68. The number of aliphatic hydroxyl groups is 6. The summed E-state index contributed by atoms with van der Waals surface area (Å²) in [6, 6.07) is 7.48. The number of hydrogen-bond acceptors (Lipinski definition) is 11. The molecule has 1 aromatic rings. The van der Waals surface area contributed by atoms with Gasteiger partial charge in [0.15, 0.2) is 12.6 Å². The van der Waals surface area contributed by atoms with Crippen LogP contribution in [0, 0.1) is 0 Å². The van der Waals surface area contributed by atoms with Gasteiger partial charge in [-0.2, -0.15) is 0 Å². The third kappa shape index (κ3) is 6.97. The van der Waals surface area contributed by atoms with Gasteiger partial charge in [0.2, 0.25) is 0 Å². The fourth-order valence-corrected chi connectivity index (χ4v) is 4.01. The van der Waals surface area contributed by atoms with Crippen molar-refractivity contribution in [3.8, 4) is 0 Å². The van der Waals surface area contributed by atoms with Gasteiger partial charge in [-0.15, -0.1) is 0 Å². The second kappa shape index (κ2) is 12.8. The van der Waals surface area contributed by atoms with Crippen molar-refractivity contribution in [1.82, 2.24) is 5.32 Å². The van der Waals surface area contributed by atoms with Gasteiger partial charge in [0, 0.05) is 0 Å². The van der Waals surface area contributed by atoms with Gasteiger partial charge in [-0.3, -0.25) is 4.79 Å². The number of carbonyl (C=O) groups is 1. The first kappa shape index (κ1) is 29.7. The summed E-state index contributed by atoms with van der Waals surface area (Å²) in [6.45, 7) is -1.44. The largest absolute Gasteiger partial charge is 0.394 e. The predicted octanol–water partition coefficient (Wildman–Crippen LogP) is -1.68. The highest BCUT2D eigenvalue weighted by Crippen LogP contribution is 2.32. The van der Waals surface area contributed by atoms with Crippen molar-refractivity contribution in [3.63, 3.8) is 0 Å². The van der Waals surface area contributed by atoms with Crippen LogP contribution in [0.4, 0.5) is 0 Å². The first-order valence-corrected chi connectivity index (χ1v) is 12.0. The summed E-state index contributed by atoms with van der Waals surface area (Å²) in [5, 5.41) is 62.9. The number of halogens is 3. The van der Waals surface area contributed by atoms with E-state index in [4.69, 9.17) is 53.8 Å². The zero-order valence-corrected chi connectivity index (χ0v) is 20.9. The summed E-state index contributed by atoms with van der Waals surface area (Å²) in [5.74, 6) is -1.12. The van der Waals surface area contributed by atoms with Gasteiger partial charge < -0.3 is 54.9 Å². The molecule has 0 saturated carbocycles. The lowest BCUT2D eigenvalue weighted by Gasteiger charge is -2.47. The SMILES string of the molecule is O=C(NC1C(O[C@@H]2OC(CO)[C@H](O)C(O)C2O)[C@H](O)C(CO)O[C@H]1OCc1ccccc1)C(Cl)(Cl)Cl. The third-order valence-electron chi connectivity index (χ3n) is 5.81. The van der Waals surface area contributed by atoms with Crippen LogP contribution in [-0.4, -0.2) is 115 Å². The Balaban J connectivity index is 1.89. The standard InChI is InChI=1S/C21H28Cl3NO11/c22-21(23,24)20(32)25-12-17(36-19-16(31)15(30)13(28)10(6-26)35-19)14(29)11(7-27)34-18(12)33-8-9-4-2-1-3-5-9/h1-5,10-19,26-31H,6-8H2,(H,25,32)/t10?,11?,12?,13-,14+,15?,16?,17?,18+,19-/m0/s1. The maximum Gasteiger partial charge on any atom is 0.272 e. The lowest BCUT2D eigenvalue weighted by molar-refractivity contribution is -0.345. The summed E-state index contributed by atoms with van der Waals surface area (Å²) in [7, 11) is 0. The van der Waals surface area contributed by atoms with Crippen molar-refractivity contribution in [2.75, 3.05) is 13.2 Å². The smallest absolute Gasteiger partial charge is 0.272 e. The van der Waals surface area contributed by atoms with E-state index in [9.17, 15) is 35.4 Å². The number of carbonyl (C=O) groups excluding carboxylic acids is 1. The van der Waals surface area contributed by atoms with Crippen molar-refractivity contribution in [2.24, 2.45) is 0 Å². The van der Waals surface area contributed by atoms with Crippen molar-refractivity contribution in [2.45, 2.75) is 71.7 Å². The molecule has 15 heteroatoms. The van der Waals surface area contributed by atoms with Crippen molar-refractivity contribution in [3.05, 3.63) is 35.9 Å². The second-order valence-corrected chi connectivity index (χ2v) is 10.6. The Kier molecular flexibility index (Phi) is 10.6. The summed E-state index contributed by atoms with van der Waals surface area (Å²) < 4.78 is 20.1. The quantitative estimate of drug-likeness (QED) is 0.175. The molecule has 0 aromatic heterocycles. The minimum absolute atomic E-state index is 0.0212. The molecule has 2 heterocycles. The maximum atomic E-state index is 12.5. The summed E-state index contributed by atoms with van der Waals surface area (Å²) in [4.78, 5) is 12.5. The van der Waals surface area contributed by atoms with Crippen molar-refractivity contribution >= 4 is 40.7 Å². The highest BCUT2D eigenvalue weighted by Gasteiger charge is 2.52. The van der Waals surface area contributed by atoms with E-state index in [0.29, 0.717) is 0 Å². The highest BCUT2D eigenvalue weighted by molar-refractivity contribution is 6.76. The van der Waals surface area contributed by atoms with Crippen LogP contribution in [0.1, 0.15) is 5.56 Å². The van der Waals surface area contributed by atoms with Crippen LogP contribution in [0.15, 0.2) is 30.3 Å². The van der Waals surface area contributed by atoms with Gasteiger partial charge in [-0.1, -0.05) is 65.1 Å². The van der Waals surface area contributed by atoms with Gasteiger partial charge in [0.1, 0.15) is 48.8 Å². The number of benzene rings is 1. The van der Waals surface area contributed by atoms with Crippen LogP contribution in [0.25, 0.3) is 0 Å². The van der Waals surface area contributed by atoms with Crippen LogP contribution in [0.3, 0.4) is 0 Å². The normalized spacial score (nSPS) is 37.5. The first-order valence-electron chi connectivity index (χ1n) is 10.9. The number of hydrogen-bond donors (Lipinski definition) is 7. The highest BCUT2D eigenvalue weighted by atomic mass is 35.6. The molecule has 1 aromatic carbocycles. The molecular formula is C21H28Cl3NO11. The Morgan fingerprint density at radius 3 is 2.06 bits per heavy atom. The molecule has 0 bridgehead atoms. The van der Waals surface area contributed by atoms with E-state index in [1.165, 1.54) is 0 Å². The Morgan fingerprint density at radius 2 is 1.47 bits per heavy atom. The molecule has 2 saturated heterocycles. The topological polar surface area (TPSA) is 187 Å². The number of alkyl halides is 3. The van der Waals surface area contributed by atoms with Crippen LogP contribution in [-0.2, 0) is 30.3 Å². The molecule has 2 fully saturated rings. The van der Waals surface area contributed by atoms with E-state index < -0.39 is 84.3 Å². The van der Waals surface area contributed by atoms with Gasteiger partial charge in [0.05, 0.1) is 19.8 Å². The average Bonchev–Trinajstić information content (AvgIpc) is 2.85. The molecular weight excluding hydrogens is 549 g/mol. The minimum atomic E-state index is -2.42. The first-order chi connectivity index (χ1) is 17.0. The zero-order valence-electron chi connectivity index (χ0n) is 18.6. The Labute approximate surface area is 221 Å². The van der Waals surface area contributed by atoms with Crippen molar-refractivity contribution in [1.29, 1.82) is 0 Å². The molecule has 0 radical (unpaired) electrons. The van der Waals surface area contributed by atoms with Gasteiger partial charge in [0.25, 0.3) is 9.70 Å². The van der Waals surface area contributed by atoms with E-state index in [1.807, 2.05) is 0 Å². The number of aliphatic hydroxyl groups excluding tert-OH is 6. The molecule has 10 atom stereocenters. The number of amides is 1. The fourth-order valence-electron chi connectivity index (χ4n) is 3.85. The molecule has 2 aliphatic heterocycles. The molecule has 36 heavy (non-hydrogen) atoms. The maximum absolute atomic E-state index is 12.5. The average molecular weight is 577 g/mol. The zero-order chi connectivity index (χ0) is 26.6. The van der Waals surface area contributed by atoms with Crippen LogP contribution < -0.4 is 5.32 Å². The van der Waals surface area contributed by atoms with Gasteiger partial charge in [-0.05, 0) is 5.56 Å². The second-order valence-electron chi connectivity index (χ2n) is 8.31. The molecule has 1 amide bonds.